The Kier molecular flexibility index (Phi) is 4.35. The van der Waals surface area contributed by atoms with Crippen molar-refractivity contribution >= 4 is 28.4 Å². The summed E-state index contributed by atoms with van der Waals surface area (Å²) in [6.07, 6.45) is 1.31. The number of carbonyl (C=O) groups is 1. The third-order valence-electron chi connectivity index (χ3n) is 4.23. The van der Waals surface area contributed by atoms with E-state index in [1.807, 2.05) is 0 Å². The zero-order valence-electron chi connectivity index (χ0n) is 14.8. The van der Waals surface area contributed by atoms with E-state index < -0.39 is 22.1 Å². The lowest BCUT2D eigenvalue weighted by Gasteiger charge is -2.09. The summed E-state index contributed by atoms with van der Waals surface area (Å²) in [5.41, 5.74) is 0.142. The summed E-state index contributed by atoms with van der Waals surface area (Å²) in [6.45, 7) is 1.43. The highest BCUT2D eigenvalue weighted by Crippen LogP contribution is 2.21. The summed E-state index contributed by atoms with van der Waals surface area (Å²) >= 11 is 0. The molecule has 2 heterocycles. The van der Waals surface area contributed by atoms with Gasteiger partial charge in [0.1, 0.15) is 6.54 Å². The van der Waals surface area contributed by atoms with E-state index in [4.69, 9.17) is 0 Å². The van der Waals surface area contributed by atoms with Gasteiger partial charge < -0.3 is 9.88 Å². The summed E-state index contributed by atoms with van der Waals surface area (Å²) in [5, 5.41) is 13.4. The quantitative estimate of drug-likeness (QED) is 0.517. The first kappa shape index (κ1) is 18.0. The molecule has 11 heteroatoms. The SMILES string of the molecule is Cc1cc([N+](=O)[O-])ccc1NC(=O)Cn1cnc2c1c(=O)n(C)c(=O)n2C. The Labute approximate surface area is 151 Å². The monoisotopic (exact) mass is 372 g/mol. The number of hydrogen-bond donors (Lipinski definition) is 1. The van der Waals surface area contributed by atoms with Crippen molar-refractivity contribution in [3.05, 3.63) is 61.0 Å². The number of anilines is 1. The van der Waals surface area contributed by atoms with Crippen LogP contribution in [0.3, 0.4) is 0 Å². The minimum atomic E-state index is -0.551. The number of benzene rings is 1. The number of carbonyl (C=O) groups excluding carboxylic acids is 1. The Morgan fingerprint density at radius 2 is 1.96 bits per heavy atom. The molecule has 1 N–H and O–H groups in total. The number of amides is 1. The first-order chi connectivity index (χ1) is 12.7. The fourth-order valence-corrected chi connectivity index (χ4v) is 2.76. The lowest BCUT2D eigenvalue weighted by molar-refractivity contribution is -0.384. The highest BCUT2D eigenvalue weighted by Gasteiger charge is 2.16. The molecule has 2 aromatic heterocycles. The van der Waals surface area contributed by atoms with Crippen molar-refractivity contribution in [2.75, 3.05) is 5.32 Å². The van der Waals surface area contributed by atoms with Gasteiger partial charge in [-0.3, -0.25) is 28.8 Å². The van der Waals surface area contributed by atoms with Crippen LogP contribution in [0.2, 0.25) is 0 Å². The molecule has 0 saturated carbocycles. The van der Waals surface area contributed by atoms with E-state index in [9.17, 15) is 24.5 Å². The number of aryl methyl sites for hydroxylation is 2. The average Bonchev–Trinajstić information content (AvgIpc) is 3.03. The Bertz CT molecular complexity index is 1200. The molecule has 1 amide bonds. The number of fused-ring (bicyclic) bond motifs is 1. The molecule has 3 aromatic rings. The second-order valence-corrected chi connectivity index (χ2v) is 6.05. The van der Waals surface area contributed by atoms with Crippen molar-refractivity contribution in [1.82, 2.24) is 18.7 Å². The van der Waals surface area contributed by atoms with Gasteiger partial charge in [0.15, 0.2) is 11.2 Å². The van der Waals surface area contributed by atoms with E-state index in [1.54, 1.807) is 6.92 Å². The minimum absolute atomic E-state index is 0.0736. The fourth-order valence-electron chi connectivity index (χ4n) is 2.76. The van der Waals surface area contributed by atoms with Gasteiger partial charge in [-0.15, -0.1) is 0 Å². The van der Waals surface area contributed by atoms with Crippen LogP contribution in [0.5, 0.6) is 0 Å². The van der Waals surface area contributed by atoms with Crippen molar-refractivity contribution in [2.24, 2.45) is 14.1 Å². The third kappa shape index (κ3) is 3.10. The van der Waals surface area contributed by atoms with E-state index in [0.29, 0.717) is 11.3 Å². The molecule has 140 valence electrons. The molecule has 3 rings (SSSR count). The molecule has 0 unspecified atom stereocenters. The molecule has 27 heavy (non-hydrogen) atoms. The van der Waals surface area contributed by atoms with E-state index in [1.165, 1.54) is 47.8 Å². The molecule has 0 spiro atoms. The Hall–Kier alpha value is -3.76. The van der Waals surface area contributed by atoms with E-state index in [0.717, 1.165) is 4.57 Å². The normalized spacial score (nSPS) is 10.9. The zero-order chi connectivity index (χ0) is 19.9. The molecule has 0 aliphatic heterocycles. The Balaban J connectivity index is 1.90. The second kappa shape index (κ2) is 6.52. The van der Waals surface area contributed by atoms with Crippen LogP contribution >= 0.6 is 0 Å². The first-order valence-corrected chi connectivity index (χ1v) is 7.86. The van der Waals surface area contributed by atoms with Crippen LogP contribution in [0.4, 0.5) is 11.4 Å². The lowest BCUT2D eigenvalue weighted by Crippen LogP contribution is -2.37. The highest BCUT2D eigenvalue weighted by atomic mass is 16.6. The zero-order valence-corrected chi connectivity index (χ0v) is 14.8. The number of nitrogens with zero attached hydrogens (tertiary/aromatic N) is 5. The van der Waals surface area contributed by atoms with Gasteiger partial charge in [-0.2, -0.15) is 0 Å². The minimum Gasteiger partial charge on any atom is -0.324 e. The van der Waals surface area contributed by atoms with Crippen LogP contribution < -0.4 is 16.6 Å². The molecule has 11 nitrogen and oxygen atoms in total. The fraction of sp³-hybridized carbons (Fsp3) is 0.250. The van der Waals surface area contributed by atoms with Gasteiger partial charge >= 0.3 is 5.69 Å². The topological polar surface area (TPSA) is 134 Å². The number of aromatic nitrogens is 4. The van der Waals surface area contributed by atoms with Crippen LogP contribution in [0, 0.1) is 17.0 Å². The highest BCUT2D eigenvalue weighted by molar-refractivity contribution is 5.92. The number of nitro groups is 1. The van der Waals surface area contributed by atoms with Crippen LogP contribution in [-0.4, -0.2) is 29.5 Å². The predicted octanol–water partition coefficient (Wildman–Crippen LogP) is 0.289. The average molecular weight is 372 g/mol. The van der Waals surface area contributed by atoms with Crippen molar-refractivity contribution in [3.8, 4) is 0 Å². The molecule has 0 radical (unpaired) electrons. The maximum Gasteiger partial charge on any atom is 0.332 e. The number of rotatable bonds is 4. The summed E-state index contributed by atoms with van der Waals surface area (Å²) < 4.78 is 3.53. The summed E-state index contributed by atoms with van der Waals surface area (Å²) in [7, 11) is 2.84. The summed E-state index contributed by atoms with van der Waals surface area (Å²) in [5.74, 6) is -0.442. The van der Waals surface area contributed by atoms with Crippen molar-refractivity contribution in [2.45, 2.75) is 13.5 Å². The van der Waals surface area contributed by atoms with Gasteiger partial charge in [-0.25, -0.2) is 9.78 Å². The lowest BCUT2D eigenvalue weighted by atomic mass is 10.2. The van der Waals surface area contributed by atoms with E-state index in [2.05, 4.69) is 10.3 Å². The van der Waals surface area contributed by atoms with Gasteiger partial charge in [0.05, 0.1) is 11.3 Å². The van der Waals surface area contributed by atoms with Crippen molar-refractivity contribution < 1.29 is 9.72 Å². The van der Waals surface area contributed by atoms with E-state index >= 15 is 0 Å². The predicted molar refractivity (Wildman–Crippen MR) is 96.7 cm³/mol. The molecular weight excluding hydrogens is 356 g/mol. The number of imidazole rings is 1. The van der Waals surface area contributed by atoms with Gasteiger partial charge in [-0.1, -0.05) is 0 Å². The third-order valence-corrected chi connectivity index (χ3v) is 4.23. The van der Waals surface area contributed by atoms with Gasteiger partial charge in [0.2, 0.25) is 5.91 Å². The smallest absolute Gasteiger partial charge is 0.324 e. The van der Waals surface area contributed by atoms with E-state index in [-0.39, 0.29) is 23.4 Å². The number of nitro benzene ring substituents is 1. The van der Waals surface area contributed by atoms with Crippen molar-refractivity contribution in [3.63, 3.8) is 0 Å². The second-order valence-electron chi connectivity index (χ2n) is 6.05. The molecule has 0 atom stereocenters. The largest absolute Gasteiger partial charge is 0.332 e. The van der Waals surface area contributed by atoms with Crippen LogP contribution in [-0.2, 0) is 25.4 Å². The Morgan fingerprint density at radius 1 is 1.26 bits per heavy atom. The van der Waals surface area contributed by atoms with Crippen LogP contribution in [0.1, 0.15) is 5.56 Å². The molecule has 0 bridgehead atoms. The van der Waals surface area contributed by atoms with Crippen LogP contribution in [0.25, 0.3) is 11.2 Å². The molecule has 0 fully saturated rings. The molecule has 0 saturated heterocycles. The van der Waals surface area contributed by atoms with Gasteiger partial charge in [0, 0.05) is 31.9 Å². The molecule has 1 aromatic carbocycles. The first-order valence-electron chi connectivity index (χ1n) is 7.86. The van der Waals surface area contributed by atoms with Crippen molar-refractivity contribution in [1.29, 1.82) is 0 Å². The maximum absolute atomic E-state index is 12.4. The summed E-state index contributed by atoms with van der Waals surface area (Å²) in [4.78, 5) is 51.0. The Morgan fingerprint density at radius 3 is 2.59 bits per heavy atom. The summed E-state index contributed by atoms with van der Waals surface area (Å²) in [6, 6.07) is 4.09. The molecule has 0 aliphatic carbocycles. The maximum atomic E-state index is 12.4. The standard InChI is InChI=1S/C16H16N6O5/c1-9-6-10(22(26)27)4-5-11(9)18-12(23)7-21-8-17-14-13(21)15(24)20(3)16(25)19(14)2/h4-6,8H,7H2,1-3H3,(H,18,23). The molecule has 0 aliphatic rings. The number of hydrogen-bond acceptors (Lipinski definition) is 6. The molecular formula is C16H16N6O5. The van der Waals surface area contributed by atoms with Gasteiger partial charge in [-0.05, 0) is 18.6 Å². The number of nitrogens with one attached hydrogen (secondary N) is 1. The van der Waals surface area contributed by atoms with Gasteiger partial charge in [0.25, 0.3) is 11.2 Å². The number of non-ortho nitro benzene ring substituents is 1. The van der Waals surface area contributed by atoms with Crippen LogP contribution in [0.15, 0.2) is 34.1 Å².